The predicted octanol–water partition coefficient (Wildman–Crippen LogP) is 3.50. The first-order valence-electron chi connectivity index (χ1n) is 13.7. The van der Waals surface area contributed by atoms with Crippen LogP contribution in [0.1, 0.15) is 17.5 Å². The largest absolute Gasteiger partial charge is 0.445 e. The summed E-state index contributed by atoms with van der Waals surface area (Å²) in [5.41, 5.74) is 1.95. The van der Waals surface area contributed by atoms with Gasteiger partial charge in [0.15, 0.2) is 0 Å². The lowest BCUT2D eigenvalue weighted by molar-refractivity contribution is -0.140. The number of rotatable bonds is 10. The van der Waals surface area contributed by atoms with Gasteiger partial charge in [-0.3, -0.25) is 14.4 Å². The molecule has 0 aromatic heterocycles. The van der Waals surface area contributed by atoms with Gasteiger partial charge in [-0.15, -0.1) is 0 Å². The van der Waals surface area contributed by atoms with Crippen molar-refractivity contribution in [3.8, 4) is 6.07 Å². The molecule has 222 valence electrons. The Kier molecular flexibility index (Phi) is 10.4. The van der Waals surface area contributed by atoms with E-state index in [0.29, 0.717) is 11.3 Å². The SMILES string of the molecule is CN(CC(=O)N1CC(C(=O)Nc2ccccc2)CC1C#N)C(=O)C(Cc1ccc(F)cc1)NC(=O)OCc1ccccc1. The molecule has 43 heavy (non-hydrogen) atoms. The Labute approximate surface area is 249 Å². The molecule has 11 heteroatoms. The third kappa shape index (κ3) is 8.63. The van der Waals surface area contributed by atoms with E-state index in [1.54, 1.807) is 48.5 Å². The Bertz CT molecular complexity index is 1460. The van der Waals surface area contributed by atoms with Crippen molar-refractivity contribution in [1.29, 1.82) is 5.26 Å². The van der Waals surface area contributed by atoms with Crippen LogP contribution in [0.3, 0.4) is 0 Å². The van der Waals surface area contributed by atoms with Crippen LogP contribution in [0.5, 0.6) is 0 Å². The minimum Gasteiger partial charge on any atom is -0.445 e. The molecule has 10 nitrogen and oxygen atoms in total. The van der Waals surface area contributed by atoms with Crippen molar-refractivity contribution in [2.75, 3.05) is 25.5 Å². The first-order valence-corrected chi connectivity index (χ1v) is 13.7. The van der Waals surface area contributed by atoms with Gasteiger partial charge in [-0.2, -0.15) is 5.26 Å². The van der Waals surface area contributed by atoms with E-state index in [4.69, 9.17) is 4.74 Å². The van der Waals surface area contributed by atoms with E-state index in [1.165, 1.54) is 36.2 Å². The fourth-order valence-electron chi connectivity index (χ4n) is 4.79. The molecular formula is C32H32FN5O5. The number of benzene rings is 3. The highest BCUT2D eigenvalue weighted by atomic mass is 19.1. The van der Waals surface area contributed by atoms with E-state index in [1.807, 2.05) is 12.1 Å². The smallest absolute Gasteiger partial charge is 0.408 e. The van der Waals surface area contributed by atoms with Crippen molar-refractivity contribution < 1.29 is 28.3 Å². The third-order valence-corrected chi connectivity index (χ3v) is 7.09. The zero-order valence-corrected chi connectivity index (χ0v) is 23.6. The quantitative estimate of drug-likeness (QED) is 0.375. The molecule has 0 bridgehead atoms. The molecule has 1 aliphatic heterocycles. The molecule has 0 radical (unpaired) electrons. The summed E-state index contributed by atoms with van der Waals surface area (Å²) in [6, 6.07) is 23.5. The summed E-state index contributed by atoms with van der Waals surface area (Å²) < 4.78 is 18.7. The Morgan fingerprint density at radius 3 is 2.30 bits per heavy atom. The highest BCUT2D eigenvalue weighted by molar-refractivity contribution is 5.94. The Morgan fingerprint density at radius 2 is 1.65 bits per heavy atom. The number of para-hydroxylation sites is 1. The minimum absolute atomic E-state index is 0.0119. The van der Waals surface area contributed by atoms with Crippen molar-refractivity contribution in [3.63, 3.8) is 0 Å². The number of nitrogens with one attached hydrogen (secondary N) is 2. The molecule has 4 amide bonds. The van der Waals surface area contributed by atoms with Crippen LogP contribution in [0.4, 0.5) is 14.9 Å². The second-order valence-corrected chi connectivity index (χ2v) is 10.3. The lowest BCUT2D eigenvalue weighted by Crippen LogP contribution is -2.51. The van der Waals surface area contributed by atoms with E-state index >= 15 is 0 Å². The van der Waals surface area contributed by atoms with Crippen LogP contribution in [-0.2, 0) is 32.1 Å². The van der Waals surface area contributed by atoms with E-state index in [2.05, 4.69) is 16.7 Å². The van der Waals surface area contributed by atoms with E-state index < -0.39 is 41.7 Å². The second kappa shape index (κ2) is 14.6. The van der Waals surface area contributed by atoms with E-state index in [0.717, 1.165) is 10.5 Å². The molecule has 0 spiro atoms. The number of likely N-dealkylation sites (tertiary alicyclic amines) is 1. The highest BCUT2D eigenvalue weighted by Crippen LogP contribution is 2.25. The van der Waals surface area contributed by atoms with Crippen LogP contribution < -0.4 is 10.6 Å². The van der Waals surface area contributed by atoms with Gasteiger partial charge in [0.2, 0.25) is 17.7 Å². The topological polar surface area (TPSA) is 132 Å². The number of carbonyl (C=O) groups excluding carboxylic acids is 4. The van der Waals surface area contributed by atoms with Crippen molar-refractivity contribution >= 4 is 29.5 Å². The number of nitriles is 1. The summed E-state index contributed by atoms with van der Waals surface area (Å²) in [6.45, 7) is -0.368. The van der Waals surface area contributed by atoms with E-state index in [-0.39, 0.29) is 38.4 Å². The predicted molar refractivity (Wildman–Crippen MR) is 156 cm³/mol. The fraction of sp³-hybridized carbons (Fsp3) is 0.281. The summed E-state index contributed by atoms with van der Waals surface area (Å²) in [7, 11) is 1.41. The number of ether oxygens (including phenoxy) is 1. The number of likely N-dealkylation sites (N-methyl/N-ethyl adjacent to an activating group) is 1. The number of hydrogen-bond donors (Lipinski definition) is 2. The summed E-state index contributed by atoms with van der Waals surface area (Å²) in [6.07, 6.45) is -0.648. The number of carbonyl (C=O) groups is 4. The van der Waals surface area contributed by atoms with Crippen LogP contribution in [0, 0.1) is 23.1 Å². The first kappa shape index (κ1) is 30.7. The standard InChI is InChI=1S/C32H32FN5O5/c1-37(20-29(39)38-19-24(17-27(38)18-34)30(40)35-26-10-6-3-7-11-26)31(41)28(16-22-12-14-25(33)15-13-22)36-32(42)43-21-23-8-4-2-5-9-23/h2-15,24,27-28H,16-17,19-21H2,1H3,(H,35,40)(H,36,42). The molecule has 3 unspecified atom stereocenters. The minimum atomic E-state index is -1.12. The van der Waals surface area contributed by atoms with Gasteiger partial charge in [0.1, 0.15) is 24.5 Å². The molecule has 1 aliphatic rings. The first-order chi connectivity index (χ1) is 20.7. The van der Waals surface area contributed by atoms with E-state index in [9.17, 15) is 28.8 Å². The number of anilines is 1. The van der Waals surface area contributed by atoms with Crippen LogP contribution in [-0.4, -0.2) is 65.8 Å². The average molecular weight is 586 g/mol. The molecule has 1 heterocycles. The van der Waals surface area contributed by atoms with Crippen molar-refractivity contribution in [1.82, 2.24) is 15.1 Å². The Morgan fingerprint density at radius 1 is 1.00 bits per heavy atom. The number of hydrogen-bond acceptors (Lipinski definition) is 6. The molecule has 3 aromatic carbocycles. The lowest BCUT2D eigenvalue weighted by Gasteiger charge is -2.27. The molecule has 1 saturated heterocycles. The molecule has 0 saturated carbocycles. The van der Waals surface area contributed by atoms with Crippen LogP contribution in [0.15, 0.2) is 84.9 Å². The number of amides is 4. The fourth-order valence-corrected chi connectivity index (χ4v) is 4.79. The van der Waals surface area contributed by atoms with Gasteiger partial charge in [0.05, 0.1) is 18.5 Å². The van der Waals surface area contributed by atoms with Crippen LogP contribution in [0.2, 0.25) is 0 Å². The zero-order valence-electron chi connectivity index (χ0n) is 23.6. The van der Waals surface area contributed by atoms with Gasteiger partial charge in [-0.25, -0.2) is 9.18 Å². The summed E-state index contributed by atoms with van der Waals surface area (Å²) in [4.78, 5) is 54.6. The molecule has 0 aliphatic carbocycles. The van der Waals surface area contributed by atoms with Crippen molar-refractivity contribution in [2.24, 2.45) is 5.92 Å². The maximum Gasteiger partial charge on any atom is 0.408 e. The zero-order chi connectivity index (χ0) is 30.8. The summed E-state index contributed by atoms with van der Waals surface area (Å²) in [5.74, 6) is -2.44. The van der Waals surface area contributed by atoms with Crippen molar-refractivity contribution in [3.05, 3.63) is 102 Å². The molecule has 1 fully saturated rings. The maximum absolute atomic E-state index is 13.5. The number of halogens is 1. The highest BCUT2D eigenvalue weighted by Gasteiger charge is 2.39. The molecule has 3 atom stereocenters. The third-order valence-electron chi connectivity index (χ3n) is 7.09. The number of nitrogens with zero attached hydrogens (tertiary/aromatic N) is 3. The summed E-state index contributed by atoms with van der Waals surface area (Å²) in [5, 5.41) is 15.0. The molecule has 3 aromatic rings. The molecule has 2 N–H and O–H groups in total. The van der Waals surface area contributed by atoms with Crippen LogP contribution >= 0.6 is 0 Å². The Hall–Kier alpha value is -5.24. The molecule has 4 rings (SSSR count). The number of alkyl carbamates (subject to hydrolysis) is 1. The maximum atomic E-state index is 13.5. The summed E-state index contributed by atoms with van der Waals surface area (Å²) >= 11 is 0. The average Bonchev–Trinajstić information content (AvgIpc) is 3.46. The van der Waals surface area contributed by atoms with Gasteiger partial charge >= 0.3 is 6.09 Å². The van der Waals surface area contributed by atoms with Gasteiger partial charge in [0.25, 0.3) is 0 Å². The van der Waals surface area contributed by atoms with Crippen molar-refractivity contribution in [2.45, 2.75) is 31.5 Å². The normalized spacial score (nSPS) is 16.4. The Balaban J connectivity index is 1.39. The van der Waals surface area contributed by atoms with Crippen LogP contribution in [0.25, 0.3) is 0 Å². The van der Waals surface area contributed by atoms with Gasteiger partial charge in [-0.05, 0) is 41.8 Å². The van der Waals surface area contributed by atoms with Gasteiger partial charge in [0, 0.05) is 25.7 Å². The second-order valence-electron chi connectivity index (χ2n) is 10.3. The monoisotopic (exact) mass is 585 g/mol. The van der Waals surface area contributed by atoms with Gasteiger partial charge in [-0.1, -0.05) is 60.7 Å². The molecular weight excluding hydrogens is 553 g/mol. The lowest BCUT2D eigenvalue weighted by atomic mass is 10.0. The van der Waals surface area contributed by atoms with Gasteiger partial charge < -0.3 is 25.2 Å².